The van der Waals surface area contributed by atoms with Gasteiger partial charge >= 0.3 is 5.97 Å². The van der Waals surface area contributed by atoms with Gasteiger partial charge in [-0.2, -0.15) is 5.53 Å². The lowest BCUT2D eigenvalue weighted by Gasteiger charge is -2.15. The minimum atomic E-state index is -0.932. The van der Waals surface area contributed by atoms with Crippen molar-refractivity contribution in [1.29, 1.82) is 0 Å². The third-order valence-electron chi connectivity index (χ3n) is 3.83. The highest BCUT2D eigenvalue weighted by Crippen LogP contribution is 2.24. The molecule has 2 aromatic rings. The third-order valence-corrected chi connectivity index (χ3v) is 3.83. The summed E-state index contributed by atoms with van der Waals surface area (Å²) < 4.78 is 0. The molecule has 0 bridgehead atoms. The van der Waals surface area contributed by atoms with Gasteiger partial charge in [0.1, 0.15) is 6.04 Å². The zero-order chi connectivity index (χ0) is 16.4. The molecule has 7 nitrogen and oxygen atoms in total. The van der Waals surface area contributed by atoms with Crippen molar-refractivity contribution in [2.75, 3.05) is 0 Å². The Hall–Kier alpha value is -2.74. The Morgan fingerprint density at radius 2 is 1.48 bits per heavy atom. The number of amides is 1. The molecular weight excluding hydrogens is 296 g/mol. The van der Waals surface area contributed by atoms with Gasteiger partial charge in [0.05, 0.1) is 6.04 Å². The first kappa shape index (κ1) is 15.2. The summed E-state index contributed by atoms with van der Waals surface area (Å²) in [5.74, 6) is -1.39. The van der Waals surface area contributed by atoms with Crippen LogP contribution in [0.1, 0.15) is 22.0 Å². The number of carbonyl (C=O) groups excluding carboxylic acids is 1. The SMILES string of the molecule is NC(=O)c1ccc(-c2ccc(C3NNNC3C(=O)O)cc2)cc1. The first-order valence-electron chi connectivity index (χ1n) is 7.05. The van der Waals surface area contributed by atoms with Gasteiger partial charge in [-0.1, -0.05) is 36.4 Å². The topological polar surface area (TPSA) is 116 Å². The minimum absolute atomic E-state index is 0.362. The molecule has 1 saturated heterocycles. The highest BCUT2D eigenvalue weighted by atomic mass is 16.4. The van der Waals surface area contributed by atoms with Crippen LogP contribution >= 0.6 is 0 Å². The molecule has 6 N–H and O–H groups in total. The summed E-state index contributed by atoms with van der Waals surface area (Å²) in [7, 11) is 0. The first-order valence-corrected chi connectivity index (χ1v) is 7.05. The average molecular weight is 312 g/mol. The number of benzene rings is 2. The van der Waals surface area contributed by atoms with Crippen LogP contribution in [0.25, 0.3) is 11.1 Å². The predicted octanol–water partition coefficient (Wildman–Crippen LogP) is 0.559. The van der Waals surface area contributed by atoms with E-state index in [2.05, 4.69) is 16.4 Å². The molecular formula is C16H16N4O3. The third kappa shape index (κ3) is 3.07. The fourth-order valence-corrected chi connectivity index (χ4v) is 2.55. The zero-order valence-corrected chi connectivity index (χ0v) is 12.1. The standard InChI is InChI=1S/C16H16N4O3/c17-15(21)12-7-3-10(4-8-12)9-1-5-11(6-2-9)13-14(16(22)23)19-20-18-13/h1-8,13-14,18-20H,(H2,17,21)(H,22,23). The maximum atomic E-state index is 11.2. The number of hydrazine groups is 2. The molecule has 2 aromatic carbocycles. The maximum Gasteiger partial charge on any atom is 0.324 e. The van der Waals surface area contributed by atoms with Crippen molar-refractivity contribution in [1.82, 2.24) is 16.4 Å². The highest BCUT2D eigenvalue weighted by molar-refractivity contribution is 5.93. The lowest BCUT2D eigenvalue weighted by molar-refractivity contribution is -0.139. The quantitative estimate of drug-likeness (QED) is 0.563. The Kier molecular flexibility index (Phi) is 4.07. The van der Waals surface area contributed by atoms with Crippen LogP contribution in [0.4, 0.5) is 0 Å². The van der Waals surface area contributed by atoms with E-state index in [1.807, 2.05) is 36.4 Å². The van der Waals surface area contributed by atoms with E-state index < -0.39 is 17.9 Å². The predicted molar refractivity (Wildman–Crippen MR) is 84.0 cm³/mol. The van der Waals surface area contributed by atoms with Crippen molar-refractivity contribution >= 4 is 11.9 Å². The lowest BCUT2D eigenvalue weighted by atomic mass is 9.97. The second-order valence-electron chi connectivity index (χ2n) is 5.27. The Labute approximate surface area is 132 Å². The van der Waals surface area contributed by atoms with Crippen LogP contribution in [-0.2, 0) is 4.79 Å². The monoisotopic (exact) mass is 312 g/mol. The largest absolute Gasteiger partial charge is 0.480 e. The van der Waals surface area contributed by atoms with Gasteiger partial charge in [-0.15, -0.1) is 0 Å². The van der Waals surface area contributed by atoms with E-state index in [-0.39, 0.29) is 6.04 Å². The molecule has 23 heavy (non-hydrogen) atoms. The van der Waals surface area contributed by atoms with Crippen LogP contribution in [0, 0.1) is 0 Å². The highest BCUT2D eigenvalue weighted by Gasteiger charge is 2.33. The number of nitrogens with two attached hydrogens (primary N) is 1. The van der Waals surface area contributed by atoms with Crippen LogP contribution in [0.3, 0.4) is 0 Å². The number of primary amides is 1. The lowest BCUT2D eigenvalue weighted by Crippen LogP contribution is -2.38. The number of aliphatic carboxylic acids is 1. The Bertz CT molecular complexity index is 728. The van der Waals surface area contributed by atoms with Crippen LogP contribution < -0.4 is 22.1 Å². The van der Waals surface area contributed by atoms with E-state index in [1.54, 1.807) is 12.1 Å². The Morgan fingerprint density at radius 1 is 0.913 bits per heavy atom. The number of carbonyl (C=O) groups is 2. The molecule has 2 atom stereocenters. The average Bonchev–Trinajstić information content (AvgIpc) is 3.05. The normalized spacial score (nSPS) is 20.3. The number of rotatable bonds is 4. The molecule has 1 amide bonds. The van der Waals surface area contributed by atoms with E-state index in [1.165, 1.54) is 0 Å². The van der Waals surface area contributed by atoms with E-state index in [9.17, 15) is 9.59 Å². The van der Waals surface area contributed by atoms with E-state index in [0.29, 0.717) is 5.56 Å². The molecule has 0 aliphatic carbocycles. The van der Waals surface area contributed by atoms with Crippen LogP contribution in [0.5, 0.6) is 0 Å². The van der Waals surface area contributed by atoms with Gasteiger partial charge in [-0.3, -0.25) is 9.59 Å². The molecule has 1 heterocycles. The van der Waals surface area contributed by atoms with Gasteiger partial charge in [-0.05, 0) is 28.8 Å². The minimum Gasteiger partial charge on any atom is -0.480 e. The van der Waals surface area contributed by atoms with Crippen molar-refractivity contribution in [3.05, 3.63) is 59.7 Å². The van der Waals surface area contributed by atoms with E-state index in [0.717, 1.165) is 16.7 Å². The Morgan fingerprint density at radius 3 is 2.00 bits per heavy atom. The fourth-order valence-electron chi connectivity index (χ4n) is 2.55. The number of hydrogen-bond donors (Lipinski definition) is 5. The number of nitrogens with one attached hydrogen (secondary N) is 3. The molecule has 118 valence electrons. The molecule has 0 spiro atoms. The van der Waals surface area contributed by atoms with E-state index >= 15 is 0 Å². The van der Waals surface area contributed by atoms with Gasteiger partial charge in [0.15, 0.2) is 0 Å². The second-order valence-corrected chi connectivity index (χ2v) is 5.27. The van der Waals surface area contributed by atoms with Crippen molar-refractivity contribution in [2.45, 2.75) is 12.1 Å². The van der Waals surface area contributed by atoms with Gasteiger partial charge in [0.2, 0.25) is 5.91 Å². The smallest absolute Gasteiger partial charge is 0.324 e. The van der Waals surface area contributed by atoms with Crippen LogP contribution in [-0.4, -0.2) is 23.0 Å². The molecule has 0 radical (unpaired) electrons. The van der Waals surface area contributed by atoms with Gasteiger partial charge in [0, 0.05) is 5.56 Å². The zero-order valence-electron chi connectivity index (χ0n) is 12.1. The molecule has 0 aromatic heterocycles. The fraction of sp³-hybridized carbons (Fsp3) is 0.125. The molecule has 1 aliphatic heterocycles. The molecule has 1 fully saturated rings. The van der Waals surface area contributed by atoms with Crippen molar-refractivity contribution in [2.24, 2.45) is 5.73 Å². The maximum absolute atomic E-state index is 11.2. The second kappa shape index (κ2) is 6.17. The summed E-state index contributed by atoms with van der Waals surface area (Å²) in [5, 5.41) is 9.17. The summed E-state index contributed by atoms with van der Waals surface area (Å²) in [6.07, 6.45) is 0. The van der Waals surface area contributed by atoms with Crippen molar-refractivity contribution in [3.63, 3.8) is 0 Å². The molecule has 2 unspecified atom stereocenters. The van der Waals surface area contributed by atoms with Crippen molar-refractivity contribution in [3.8, 4) is 11.1 Å². The Balaban J connectivity index is 1.82. The van der Waals surface area contributed by atoms with Gasteiger partial charge < -0.3 is 10.8 Å². The molecule has 3 rings (SSSR count). The van der Waals surface area contributed by atoms with Crippen LogP contribution in [0.2, 0.25) is 0 Å². The molecule has 7 heteroatoms. The number of carboxylic acid groups (broad SMARTS) is 1. The molecule has 0 saturated carbocycles. The summed E-state index contributed by atoms with van der Waals surface area (Å²) in [5.41, 5.74) is 16.7. The summed E-state index contributed by atoms with van der Waals surface area (Å²) >= 11 is 0. The summed E-state index contributed by atoms with van der Waals surface area (Å²) in [6.45, 7) is 0. The first-order chi connectivity index (χ1) is 11.1. The van der Waals surface area contributed by atoms with Crippen molar-refractivity contribution < 1.29 is 14.7 Å². The van der Waals surface area contributed by atoms with Gasteiger partial charge in [0.25, 0.3) is 0 Å². The number of carboxylic acids is 1. The number of hydrogen-bond acceptors (Lipinski definition) is 5. The van der Waals surface area contributed by atoms with Gasteiger partial charge in [-0.25, -0.2) is 10.9 Å². The van der Waals surface area contributed by atoms with Crippen LogP contribution in [0.15, 0.2) is 48.5 Å². The summed E-state index contributed by atoms with van der Waals surface area (Å²) in [6, 6.07) is 13.5. The summed E-state index contributed by atoms with van der Waals surface area (Å²) in [4.78, 5) is 22.3. The van der Waals surface area contributed by atoms with E-state index in [4.69, 9.17) is 10.8 Å². The molecule has 1 aliphatic rings.